The second kappa shape index (κ2) is 11.3. The number of benzene rings is 2. The highest BCUT2D eigenvalue weighted by molar-refractivity contribution is 7.89. The summed E-state index contributed by atoms with van der Waals surface area (Å²) in [5.41, 5.74) is 0.891. The largest absolute Gasteiger partial charge is 0.497 e. The number of carbonyl (C=O) groups excluding carboxylic acids is 1. The highest BCUT2D eigenvalue weighted by Gasteiger charge is 2.32. The van der Waals surface area contributed by atoms with E-state index in [1.165, 1.54) is 13.2 Å². The molecule has 0 saturated heterocycles. The molecule has 0 saturated carbocycles. The number of ether oxygens (including phenoxy) is 3. The third-order valence-corrected chi connectivity index (χ3v) is 6.62. The van der Waals surface area contributed by atoms with Crippen LogP contribution in [0.4, 0.5) is 0 Å². The van der Waals surface area contributed by atoms with Gasteiger partial charge in [-0.3, -0.25) is 4.79 Å². The molecule has 9 nitrogen and oxygen atoms in total. The molecule has 3 N–H and O–H groups in total. The van der Waals surface area contributed by atoms with Crippen molar-refractivity contribution in [1.29, 1.82) is 0 Å². The maximum absolute atomic E-state index is 12.8. The molecule has 0 unspecified atom stereocenters. The number of carbonyl (C=O) groups is 1. The van der Waals surface area contributed by atoms with Gasteiger partial charge in [-0.2, -0.15) is 0 Å². The van der Waals surface area contributed by atoms with Gasteiger partial charge in [-0.25, -0.2) is 13.1 Å². The van der Waals surface area contributed by atoms with Crippen LogP contribution < -0.4 is 19.5 Å². The van der Waals surface area contributed by atoms with E-state index >= 15 is 0 Å². The number of aliphatic hydroxyl groups excluding tert-OH is 1. The molecule has 1 amide bonds. The molecular weight excluding hydrogens is 448 g/mol. The Labute approximate surface area is 193 Å². The first kappa shape index (κ1) is 24.7. The van der Waals surface area contributed by atoms with E-state index in [9.17, 15) is 18.3 Å². The summed E-state index contributed by atoms with van der Waals surface area (Å²) in [6.07, 6.45) is 1.79. The van der Waals surface area contributed by atoms with Gasteiger partial charge < -0.3 is 24.6 Å². The van der Waals surface area contributed by atoms with Crippen molar-refractivity contribution in [3.8, 4) is 11.5 Å². The van der Waals surface area contributed by atoms with Gasteiger partial charge in [-0.15, -0.1) is 0 Å². The molecule has 0 bridgehead atoms. The first-order valence-electron chi connectivity index (χ1n) is 10.4. The molecule has 3 rings (SSSR count). The van der Waals surface area contributed by atoms with Crippen LogP contribution >= 0.6 is 0 Å². The predicted molar refractivity (Wildman–Crippen MR) is 121 cm³/mol. The van der Waals surface area contributed by atoms with Crippen LogP contribution in [0.5, 0.6) is 11.5 Å². The Morgan fingerprint density at radius 3 is 2.61 bits per heavy atom. The molecule has 10 heteroatoms. The minimum absolute atomic E-state index is 0.0170. The number of aliphatic hydroxyl groups is 1. The molecule has 178 valence electrons. The molecule has 1 heterocycles. The van der Waals surface area contributed by atoms with E-state index in [-0.39, 0.29) is 23.0 Å². The number of amides is 1. The van der Waals surface area contributed by atoms with E-state index < -0.39 is 34.9 Å². The van der Waals surface area contributed by atoms with E-state index in [1.54, 1.807) is 37.5 Å². The summed E-state index contributed by atoms with van der Waals surface area (Å²) < 4.78 is 44.3. The molecule has 0 fully saturated rings. The SMILES string of the molecule is COc1cccc(CNC(=O)C[C@H]2C=C[C@H](NS(=O)(=O)c3ccccc3OC)[C@H](CO)O2)c1. The van der Waals surface area contributed by atoms with Crippen LogP contribution in [0, 0.1) is 0 Å². The Kier molecular flexibility index (Phi) is 8.45. The van der Waals surface area contributed by atoms with Crippen molar-refractivity contribution in [3.05, 3.63) is 66.2 Å². The first-order valence-corrected chi connectivity index (χ1v) is 11.8. The maximum atomic E-state index is 12.8. The molecule has 0 spiro atoms. The van der Waals surface area contributed by atoms with Crippen LogP contribution in [0.3, 0.4) is 0 Å². The maximum Gasteiger partial charge on any atom is 0.244 e. The molecule has 2 aromatic carbocycles. The van der Waals surface area contributed by atoms with Gasteiger partial charge in [0.05, 0.1) is 39.4 Å². The fourth-order valence-electron chi connectivity index (χ4n) is 3.43. The lowest BCUT2D eigenvalue weighted by atomic mass is 10.1. The topological polar surface area (TPSA) is 123 Å². The average molecular weight is 477 g/mol. The number of sulfonamides is 1. The molecule has 1 aliphatic heterocycles. The Bertz CT molecular complexity index is 1090. The Hall–Kier alpha value is -2.92. The normalized spacial score (nSPS) is 20.3. The monoisotopic (exact) mass is 476 g/mol. The number of nitrogens with one attached hydrogen (secondary N) is 2. The number of methoxy groups -OCH3 is 2. The van der Waals surface area contributed by atoms with Gasteiger partial charge in [-0.05, 0) is 29.8 Å². The minimum Gasteiger partial charge on any atom is -0.497 e. The van der Waals surface area contributed by atoms with Crippen molar-refractivity contribution in [3.63, 3.8) is 0 Å². The van der Waals surface area contributed by atoms with Crippen molar-refractivity contribution < 1.29 is 32.5 Å². The van der Waals surface area contributed by atoms with Crippen LogP contribution in [-0.2, 0) is 26.1 Å². The molecule has 33 heavy (non-hydrogen) atoms. The fraction of sp³-hybridized carbons (Fsp3) is 0.348. The van der Waals surface area contributed by atoms with Crippen LogP contribution in [0.15, 0.2) is 65.6 Å². The van der Waals surface area contributed by atoms with Gasteiger partial charge in [0.1, 0.15) is 22.5 Å². The van der Waals surface area contributed by atoms with E-state index in [0.29, 0.717) is 12.3 Å². The van der Waals surface area contributed by atoms with Crippen molar-refractivity contribution in [1.82, 2.24) is 10.0 Å². The van der Waals surface area contributed by atoms with Crippen molar-refractivity contribution in [2.45, 2.75) is 36.1 Å². The zero-order chi connectivity index (χ0) is 23.8. The zero-order valence-corrected chi connectivity index (χ0v) is 19.2. The van der Waals surface area contributed by atoms with Crippen LogP contribution in [-0.4, -0.2) is 58.5 Å². The number of hydrogen-bond donors (Lipinski definition) is 3. The molecular formula is C23H28N2O7S. The molecule has 0 aliphatic carbocycles. The Morgan fingerprint density at radius 2 is 1.88 bits per heavy atom. The third-order valence-electron chi connectivity index (χ3n) is 5.12. The lowest BCUT2D eigenvalue weighted by molar-refractivity contribution is -0.125. The highest BCUT2D eigenvalue weighted by Crippen LogP contribution is 2.24. The molecule has 1 aliphatic rings. The van der Waals surface area contributed by atoms with Gasteiger partial charge in [0, 0.05) is 6.54 Å². The molecule has 0 radical (unpaired) electrons. The lowest BCUT2D eigenvalue weighted by Crippen LogP contribution is -2.49. The minimum atomic E-state index is -3.94. The van der Waals surface area contributed by atoms with Crippen molar-refractivity contribution in [2.24, 2.45) is 0 Å². The third kappa shape index (κ3) is 6.55. The predicted octanol–water partition coefficient (Wildman–Crippen LogP) is 1.37. The molecule has 3 atom stereocenters. The quantitative estimate of drug-likeness (QED) is 0.443. The summed E-state index contributed by atoms with van der Waals surface area (Å²) in [6, 6.07) is 12.8. The first-order chi connectivity index (χ1) is 15.9. The van der Waals surface area contributed by atoms with E-state index in [4.69, 9.17) is 14.2 Å². The summed E-state index contributed by atoms with van der Waals surface area (Å²) in [7, 11) is -0.976. The lowest BCUT2D eigenvalue weighted by Gasteiger charge is -2.31. The summed E-state index contributed by atoms with van der Waals surface area (Å²) in [6.45, 7) is -0.0946. The number of para-hydroxylation sites is 1. The summed E-state index contributed by atoms with van der Waals surface area (Å²) in [4.78, 5) is 12.3. The standard InChI is InChI=1S/C23H28N2O7S/c1-30-17-7-5-6-16(12-17)14-24-23(27)13-18-10-11-19(21(15-26)32-18)25-33(28,29)22-9-4-3-8-20(22)31-2/h3-12,18-19,21,25-26H,13-15H2,1-2H3,(H,24,27)/t18-,19+,21+/m1/s1. The summed E-state index contributed by atoms with van der Waals surface area (Å²) in [5.74, 6) is 0.668. The smallest absolute Gasteiger partial charge is 0.244 e. The van der Waals surface area contributed by atoms with Crippen LogP contribution in [0.25, 0.3) is 0 Å². The van der Waals surface area contributed by atoms with Crippen molar-refractivity contribution in [2.75, 3.05) is 20.8 Å². The van der Waals surface area contributed by atoms with Gasteiger partial charge in [0.2, 0.25) is 15.9 Å². The van der Waals surface area contributed by atoms with E-state index in [2.05, 4.69) is 10.0 Å². The molecule has 0 aromatic heterocycles. The second-order valence-electron chi connectivity index (χ2n) is 7.41. The van der Waals surface area contributed by atoms with Crippen LogP contribution in [0.2, 0.25) is 0 Å². The average Bonchev–Trinajstić information content (AvgIpc) is 2.83. The Morgan fingerprint density at radius 1 is 1.09 bits per heavy atom. The highest BCUT2D eigenvalue weighted by atomic mass is 32.2. The summed E-state index contributed by atoms with van der Waals surface area (Å²) >= 11 is 0. The second-order valence-corrected chi connectivity index (χ2v) is 9.09. The Balaban J connectivity index is 1.60. The molecule has 2 aromatic rings. The van der Waals surface area contributed by atoms with Gasteiger partial charge in [0.25, 0.3) is 0 Å². The number of hydrogen-bond acceptors (Lipinski definition) is 7. The van der Waals surface area contributed by atoms with Gasteiger partial charge in [-0.1, -0.05) is 36.4 Å². The number of rotatable bonds is 10. The van der Waals surface area contributed by atoms with Crippen molar-refractivity contribution >= 4 is 15.9 Å². The fourth-order valence-corrected chi connectivity index (χ4v) is 4.82. The van der Waals surface area contributed by atoms with Gasteiger partial charge in [0.15, 0.2) is 0 Å². The van der Waals surface area contributed by atoms with Crippen LogP contribution in [0.1, 0.15) is 12.0 Å². The summed E-state index contributed by atoms with van der Waals surface area (Å²) in [5, 5.41) is 12.6. The van der Waals surface area contributed by atoms with E-state index in [0.717, 1.165) is 5.56 Å². The van der Waals surface area contributed by atoms with E-state index in [1.807, 2.05) is 24.3 Å². The van der Waals surface area contributed by atoms with Gasteiger partial charge >= 0.3 is 0 Å². The zero-order valence-electron chi connectivity index (χ0n) is 18.4.